The van der Waals surface area contributed by atoms with Crippen LogP contribution >= 0.6 is 0 Å². The lowest BCUT2D eigenvalue weighted by Gasteiger charge is -2.18. The first kappa shape index (κ1) is 17.7. The van der Waals surface area contributed by atoms with E-state index in [9.17, 15) is 18.4 Å². The van der Waals surface area contributed by atoms with Crippen LogP contribution in [0.3, 0.4) is 0 Å². The predicted molar refractivity (Wildman–Crippen MR) is 92.3 cm³/mol. The van der Waals surface area contributed by atoms with Crippen molar-refractivity contribution in [3.05, 3.63) is 54.1 Å². The average Bonchev–Trinajstić information content (AvgIpc) is 2.98. The Morgan fingerprint density at radius 2 is 2.04 bits per heavy atom. The van der Waals surface area contributed by atoms with E-state index in [1.165, 1.54) is 12.0 Å². The molecule has 6 nitrogen and oxygen atoms in total. The minimum absolute atomic E-state index is 0.107. The first-order valence-electron chi connectivity index (χ1n) is 7.93. The molecular formula is C18H17F2N3O3. The number of urea groups is 1. The van der Waals surface area contributed by atoms with Crippen molar-refractivity contribution in [2.75, 3.05) is 23.9 Å². The summed E-state index contributed by atoms with van der Waals surface area (Å²) in [6.45, 7) is 0.269. The number of anilines is 2. The fraction of sp³-hybridized carbons (Fsp3) is 0.222. The zero-order chi connectivity index (χ0) is 18.7. The molecule has 0 bridgehead atoms. The molecule has 0 radical (unpaired) electrons. The van der Waals surface area contributed by atoms with E-state index in [0.717, 1.165) is 18.2 Å². The summed E-state index contributed by atoms with van der Waals surface area (Å²) in [6, 6.07) is 8.63. The maximum absolute atomic E-state index is 13.6. The smallest absolute Gasteiger partial charge is 0.319 e. The standard InChI is InChI=1S/C18H17F2N3O3/c1-26-14-4-2-3-13(9-14)23-10-12(8-17(23)24)21-18(25)22-16-7-11(19)5-6-15(16)20/h2-7,9,12H,8,10H2,1H3,(H2,21,22,25). The van der Waals surface area contributed by atoms with E-state index in [4.69, 9.17) is 4.74 Å². The Balaban J connectivity index is 1.63. The van der Waals surface area contributed by atoms with Crippen LogP contribution in [-0.4, -0.2) is 31.6 Å². The number of rotatable bonds is 4. The number of carbonyl (C=O) groups is 2. The molecule has 0 aliphatic carbocycles. The molecular weight excluding hydrogens is 344 g/mol. The number of nitrogens with zero attached hydrogens (tertiary/aromatic N) is 1. The summed E-state index contributed by atoms with van der Waals surface area (Å²) < 4.78 is 31.9. The minimum atomic E-state index is -0.748. The van der Waals surface area contributed by atoms with Crippen LogP contribution in [0.4, 0.5) is 25.0 Å². The second kappa shape index (κ2) is 7.38. The number of halogens is 2. The highest BCUT2D eigenvalue weighted by molar-refractivity contribution is 5.97. The van der Waals surface area contributed by atoms with Crippen molar-refractivity contribution < 1.29 is 23.1 Å². The van der Waals surface area contributed by atoms with Gasteiger partial charge in [0.25, 0.3) is 0 Å². The Hall–Kier alpha value is -3.16. The number of amides is 3. The van der Waals surface area contributed by atoms with Crippen LogP contribution in [-0.2, 0) is 4.79 Å². The van der Waals surface area contributed by atoms with Gasteiger partial charge >= 0.3 is 6.03 Å². The van der Waals surface area contributed by atoms with Crippen LogP contribution in [0.1, 0.15) is 6.42 Å². The number of benzene rings is 2. The number of methoxy groups -OCH3 is 1. The van der Waals surface area contributed by atoms with Gasteiger partial charge in [-0.1, -0.05) is 6.07 Å². The Morgan fingerprint density at radius 3 is 2.81 bits per heavy atom. The molecule has 1 fully saturated rings. The Bertz CT molecular complexity index is 844. The van der Waals surface area contributed by atoms with Crippen LogP contribution in [0, 0.1) is 11.6 Å². The van der Waals surface area contributed by atoms with Crippen LogP contribution < -0.4 is 20.3 Å². The number of hydrogen-bond acceptors (Lipinski definition) is 3. The maximum Gasteiger partial charge on any atom is 0.319 e. The normalized spacial score (nSPS) is 16.5. The molecule has 1 unspecified atom stereocenters. The number of ether oxygens (including phenoxy) is 1. The van der Waals surface area contributed by atoms with Crippen molar-refractivity contribution in [1.29, 1.82) is 0 Å². The van der Waals surface area contributed by atoms with Crippen LogP contribution in [0.15, 0.2) is 42.5 Å². The quantitative estimate of drug-likeness (QED) is 0.880. The van der Waals surface area contributed by atoms with Crippen LogP contribution in [0.25, 0.3) is 0 Å². The highest BCUT2D eigenvalue weighted by Crippen LogP contribution is 2.25. The molecule has 2 aromatic rings. The summed E-state index contributed by atoms with van der Waals surface area (Å²) in [5.41, 5.74) is 0.395. The molecule has 26 heavy (non-hydrogen) atoms. The first-order chi connectivity index (χ1) is 12.5. The van der Waals surface area contributed by atoms with E-state index in [1.54, 1.807) is 24.3 Å². The maximum atomic E-state index is 13.6. The Morgan fingerprint density at radius 1 is 1.23 bits per heavy atom. The molecule has 1 aliphatic heterocycles. The molecule has 3 rings (SSSR count). The lowest BCUT2D eigenvalue weighted by Crippen LogP contribution is -2.39. The molecule has 1 atom stereocenters. The average molecular weight is 361 g/mol. The largest absolute Gasteiger partial charge is 0.497 e. The van der Waals surface area contributed by atoms with E-state index < -0.39 is 23.7 Å². The third kappa shape index (κ3) is 3.90. The van der Waals surface area contributed by atoms with Crippen molar-refractivity contribution in [2.45, 2.75) is 12.5 Å². The van der Waals surface area contributed by atoms with Gasteiger partial charge in [0.1, 0.15) is 17.4 Å². The molecule has 1 heterocycles. The van der Waals surface area contributed by atoms with E-state index in [-0.39, 0.29) is 24.6 Å². The third-order valence-corrected chi connectivity index (χ3v) is 4.00. The topological polar surface area (TPSA) is 70.7 Å². The molecule has 2 aromatic carbocycles. The Kier molecular flexibility index (Phi) is 5.01. The summed E-state index contributed by atoms with van der Waals surface area (Å²) >= 11 is 0. The molecule has 1 saturated heterocycles. The lowest BCUT2D eigenvalue weighted by atomic mass is 10.2. The molecule has 8 heteroatoms. The van der Waals surface area contributed by atoms with Gasteiger partial charge in [0.2, 0.25) is 5.91 Å². The monoisotopic (exact) mass is 361 g/mol. The minimum Gasteiger partial charge on any atom is -0.497 e. The summed E-state index contributed by atoms with van der Waals surface area (Å²) in [5, 5.41) is 4.85. The molecule has 1 aliphatic rings. The number of carbonyl (C=O) groups excluding carboxylic acids is 2. The highest BCUT2D eigenvalue weighted by atomic mass is 19.1. The highest BCUT2D eigenvalue weighted by Gasteiger charge is 2.31. The van der Waals surface area contributed by atoms with Gasteiger partial charge in [0.05, 0.1) is 18.8 Å². The second-order valence-electron chi connectivity index (χ2n) is 5.83. The zero-order valence-corrected chi connectivity index (χ0v) is 14.0. The van der Waals surface area contributed by atoms with Gasteiger partial charge in [-0.15, -0.1) is 0 Å². The molecule has 2 N–H and O–H groups in total. The number of hydrogen-bond donors (Lipinski definition) is 2. The van der Waals surface area contributed by atoms with Crippen molar-refractivity contribution in [2.24, 2.45) is 0 Å². The van der Waals surface area contributed by atoms with Crippen molar-refractivity contribution in [3.8, 4) is 5.75 Å². The van der Waals surface area contributed by atoms with Crippen molar-refractivity contribution >= 4 is 23.3 Å². The van der Waals surface area contributed by atoms with E-state index in [1.807, 2.05) is 0 Å². The lowest BCUT2D eigenvalue weighted by molar-refractivity contribution is -0.117. The third-order valence-electron chi connectivity index (χ3n) is 4.00. The predicted octanol–water partition coefficient (Wildman–Crippen LogP) is 2.90. The van der Waals surface area contributed by atoms with E-state index in [2.05, 4.69) is 10.6 Å². The Labute approximate surface area is 148 Å². The van der Waals surface area contributed by atoms with Crippen molar-refractivity contribution in [1.82, 2.24) is 5.32 Å². The summed E-state index contributed by atoms with van der Waals surface area (Å²) in [5.74, 6) is -0.949. The molecule has 0 saturated carbocycles. The summed E-state index contributed by atoms with van der Waals surface area (Å²) in [6.07, 6.45) is 0.107. The molecule has 0 spiro atoms. The van der Waals surface area contributed by atoms with Gasteiger partial charge in [-0.25, -0.2) is 13.6 Å². The van der Waals surface area contributed by atoms with E-state index in [0.29, 0.717) is 11.4 Å². The molecule has 136 valence electrons. The molecule has 0 aromatic heterocycles. The fourth-order valence-corrected chi connectivity index (χ4v) is 2.77. The first-order valence-corrected chi connectivity index (χ1v) is 7.93. The fourth-order valence-electron chi connectivity index (χ4n) is 2.77. The summed E-state index contributed by atoms with van der Waals surface area (Å²) in [4.78, 5) is 25.8. The van der Waals surface area contributed by atoms with E-state index >= 15 is 0 Å². The second-order valence-corrected chi connectivity index (χ2v) is 5.83. The zero-order valence-electron chi connectivity index (χ0n) is 14.0. The number of nitrogens with one attached hydrogen (secondary N) is 2. The van der Waals surface area contributed by atoms with Crippen LogP contribution in [0.2, 0.25) is 0 Å². The van der Waals surface area contributed by atoms with Gasteiger partial charge in [0.15, 0.2) is 0 Å². The van der Waals surface area contributed by atoms with Gasteiger partial charge in [-0.3, -0.25) is 4.79 Å². The van der Waals surface area contributed by atoms with Gasteiger partial charge < -0.3 is 20.3 Å². The van der Waals surface area contributed by atoms with Gasteiger partial charge in [-0.2, -0.15) is 0 Å². The van der Waals surface area contributed by atoms with Crippen LogP contribution in [0.5, 0.6) is 5.75 Å². The van der Waals surface area contributed by atoms with Gasteiger partial charge in [0, 0.05) is 30.8 Å². The van der Waals surface area contributed by atoms with Gasteiger partial charge in [-0.05, 0) is 24.3 Å². The van der Waals surface area contributed by atoms with Crippen molar-refractivity contribution in [3.63, 3.8) is 0 Å². The molecule has 3 amide bonds. The SMILES string of the molecule is COc1cccc(N2CC(NC(=O)Nc3cc(F)ccc3F)CC2=O)c1. The summed E-state index contributed by atoms with van der Waals surface area (Å²) in [7, 11) is 1.53.